The molecule has 0 aromatic heterocycles. The van der Waals surface area contributed by atoms with E-state index < -0.39 is 0 Å². The maximum atomic E-state index is 0. The van der Waals surface area contributed by atoms with E-state index in [0.717, 1.165) is 0 Å². The molecule has 0 spiro atoms. The molecule has 56 valence electrons. The van der Waals surface area contributed by atoms with Crippen LogP contribution in [0.15, 0.2) is 0 Å². The topological polar surface area (TPSA) is 0 Å². The molecule has 0 atom stereocenters. The summed E-state index contributed by atoms with van der Waals surface area (Å²) in [5, 5.41) is 0. The van der Waals surface area contributed by atoms with Crippen molar-refractivity contribution in [3.63, 3.8) is 0 Å². The third-order valence-corrected chi connectivity index (χ3v) is 0. The van der Waals surface area contributed by atoms with Gasteiger partial charge in [-0.25, -0.2) is 0 Å². The molecule has 0 bridgehead atoms. The summed E-state index contributed by atoms with van der Waals surface area (Å²) < 4.78 is 0. The van der Waals surface area contributed by atoms with E-state index in [1.807, 2.05) is 0 Å². The molecule has 0 unspecified atom stereocenters. The van der Waals surface area contributed by atoms with Gasteiger partial charge < -0.3 is 0 Å². The van der Waals surface area contributed by atoms with Crippen LogP contribution in [0.25, 0.3) is 0 Å². The van der Waals surface area contributed by atoms with Crippen molar-refractivity contribution in [2.75, 3.05) is 0 Å². The van der Waals surface area contributed by atoms with Gasteiger partial charge >= 0.3 is 0 Å². The van der Waals surface area contributed by atoms with Crippen LogP contribution >= 0.6 is 54.0 Å². The fourth-order valence-corrected chi connectivity index (χ4v) is 0. The van der Waals surface area contributed by atoms with Crippen molar-refractivity contribution in [1.29, 1.82) is 0 Å². The molecule has 0 saturated carbocycles. The predicted molar refractivity (Wildman–Crippen MR) is 41.5 cm³/mol. The summed E-state index contributed by atoms with van der Waals surface area (Å²) in [7, 11) is 0. The van der Waals surface area contributed by atoms with Gasteiger partial charge in [0.1, 0.15) is 0 Å². The van der Waals surface area contributed by atoms with Crippen LogP contribution in [-0.4, -0.2) is 0 Å². The number of hydrogen-bond donors (Lipinski definition) is 0. The largest absolute Gasteiger partial charge is 0.197 e. The maximum Gasteiger partial charge on any atom is 0 e. The predicted octanol–water partition coefficient (Wildman–Crippen LogP) is 0.444. The Morgan fingerprint density at radius 3 is 0.286 bits per heavy atom. The summed E-state index contributed by atoms with van der Waals surface area (Å²) in [6.07, 6.45) is 0. The van der Waals surface area contributed by atoms with E-state index in [2.05, 4.69) is 0 Å². The van der Waals surface area contributed by atoms with Crippen molar-refractivity contribution in [2.45, 2.75) is 0 Å². The molecule has 0 fully saturated rings. The fourth-order valence-electron chi connectivity index (χ4n) is 0. The minimum Gasteiger partial charge on any atom is -0.197 e. The summed E-state index contributed by atoms with van der Waals surface area (Å²) in [6.45, 7) is 0. The Labute approximate surface area is 104 Å². The van der Waals surface area contributed by atoms with Crippen molar-refractivity contribution in [2.24, 2.45) is 0 Å². The van der Waals surface area contributed by atoms with Gasteiger partial charge in [-0.1, -0.05) is 0 Å². The second-order valence-electron chi connectivity index (χ2n) is 0. The van der Waals surface area contributed by atoms with Crippen molar-refractivity contribution < 1.29 is 51.2 Å². The van der Waals surface area contributed by atoms with Crippen LogP contribution in [0.4, 0.5) is 0 Å². The minimum absolute atomic E-state index is 0. The molecule has 0 heterocycles. The van der Waals surface area contributed by atoms with Gasteiger partial charge in [-0.2, -0.15) is 54.0 Å². The molecular formula is H8Fe3S4. The molecule has 0 aliphatic rings. The molecule has 0 aromatic carbocycles. The van der Waals surface area contributed by atoms with Crippen LogP contribution in [0.1, 0.15) is 0 Å². The Balaban J connectivity index is 0. The molecule has 0 rings (SSSR count). The molecule has 0 radical (unpaired) electrons. The van der Waals surface area contributed by atoms with Gasteiger partial charge in [0.15, 0.2) is 0 Å². The van der Waals surface area contributed by atoms with Gasteiger partial charge in [0, 0.05) is 51.2 Å². The van der Waals surface area contributed by atoms with Crippen LogP contribution in [0, 0.1) is 0 Å². The molecule has 0 N–H and O–H groups in total. The van der Waals surface area contributed by atoms with Crippen LogP contribution in [0.2, 0.25) is 0 Å². The number of hydrogen-bond acceptors (Lipinski definition) is 0. The van der Waals surface area contributed by atoms with Gasteiger partial charge in [-0.05, 0) is 0 Å². The van der Waals surface area contributed by atoms with E-state index in [0.29, 0.717) is 0 Å². The summed E-state index contributed by atoms with van der Waals surface area (Å²) in [6, 6.07) is 0. The Bertz CT molecular complexity index is 6.90. The first kappa shape index (κ1) is 91.3. The normalized spacial score (nSPS) is 0. The monoisotopic (exact) mass is 304 g/mol. The zero-order chi connectivity index (χ0) is 0. The van der Waals surface area contributed by atoms with Crippen molar-refractivity contribution in [3.8, 4) is 0 Å². The van der Waals surface area contributed by atoms with Crippen LogP contribution in [-0.2, 0) is 51.2 Å². The molecule has 0 saturated heterocycles. The molecule has 0 amide bonds. The standard InChI is InChI=1S/3Fe.4H2S/h;;;4*1H2. The van der Waals surface area contributed by atoms with Crippen molar-refractivity contribution in [3.05, 3.63) is 0 Å². The first-order chi connectivity index (χ1) is 0. The molecule has 0 aliphatic carbocycles. The Morgan fingerprint density at radius 1 is 0.286 bits per heavy atom. The van der Waals surface area contributed by atoms with Crippen molar-refractivity contribution in [1.82, 2.24) is 0 Å². The maximum absolute atomic E-state index is 0. The summed E-state index contributed by atoms with van der Waals surface area (Å²) in [5.41, 5.74) is 0. The average Bonchev–Trinajstić information content (AvgIpc) is 0. The molecule has 0 nitrogen and oxygen atoms in total. The Kier molecular flexibility index (Phi) is 846. The molecule has 7 heavy (non-hydrogen) atoms. The third kappa shape index (κ3) is 49.6. The zero-order valence-electron chi connectivity index (χ0n) is 3.06. The Morgan fingerprint density at radius 2 is 0.286 bits per heavy atom. The van der Waals surface area contributed by atoms with E-state index in [-0.39, 0.29) is 105 Å². The van der Waals surface area contributed by atoms with E-state index >= 15 is 0 Å². The first-order valence-corrected chi connectivity index (χ1v) is 0. The molecule has 0 aliphatic heterocycles. The second kappa shape index (κ2) is 64.8. The molecule has 7 heteroatoms. The summed E-state index contributed by atoms with van der Waals surface area (Å²) in [4.78, 5) is 0. The molecule has 0 aromatic rings. The van der Waals surface area contributed by atoms with E-state index in [4.69, 9.17) is 0 Å². The average molecular weight is 304 g/mol. The first-order valence-electron chi connectivity index (χ1n) is 0. The van der Waals surface area contributed by atoms with E-state index in [1.54, 1.807) is 0 Å². The van der Waals surface area contributed by atoms with Gasteiger partial charge in [0.25, 0.3) is 0 Å². The fraction of sp³-hybridized carbons (Fsp3) is 0. The summed E-state index contributed by atoms with van der Waals surface area (Å²) in [5.74, 6) is 0. The summed E-state index contributed by atoms with van der Waals surface area (Å²) >= 11 is 0. The van der Waals surface area contributed by atoms with Gasteiger partial charge in [-0.15, -0.1) is 0 Å². The van der Waals surface area contributed by atoms with Gasteiger partial charge in [-0.3, -0.25) is 0 Å². The van der Waals surface area contributed by atoms with E-state index in [9.17, 15) is 0 Å². The quantitative estimate of drug-likeness (QED) is 0.570. The van der Waals surface area contributed by atoms with Gasteiger partial charge in [0.05, 0.1) is 0 Å². The smallest absolute Gasteiger partial charge is 0 e. The minimum atomic E-state index is 0. The number of rotatable bonds is 0. The van der Waals surface area contributed by atoms with Crippen LogP contribution < -0.4 is 0 Å². The SMILES string of the molecule is S.S.S.S.[Fe].[Fe].[Fe]. The van der Waals surface area contributed by atoms with Crippen LogP contribution in [0.3, 0.4) is 0 Å². The van der Waals surface area contributed by atoms with Crippen molar-refractivity contribution >= 4 is 54.0 Å². The second-order valence-corrected chi connectivity index (χ2v) is 0. The molecular weight excluding hydrogens is 296 g/mol. The third-order valence-electron chi connectivity index (χ3n) is 0. The zero-order valence-corrected chi connectivity index (χ0v) is 10.4. The van der Waals surface area contributed by atoms with Crippen LogP contribution in [0.5, 0.6) is 0 Å². The Hall–Kier alpha value is 2.96. The van der Waals surface area contributed by atoms with E-state index in [1.165, 1.54) is 0 Å². The van der Waals surface area contributed by atoms with Gasteiger partial charge in [0.2, 0.25) is 0 Å².